The van der Waals surface area contributed by atoms with Gasteiger partial charge in [-0.05, 0) is 49.4 Å². The number of hydrogen-bond acceptors (Lipinski definition) is 6. The average molecular weight is 428 g/mol. The van der Waals surface area contributed by atoms with E-state index in [1.807, 2.05) is 30.3 Å². The van der Waals surface area contributed by atoms with Crippen molar-refractivity contribution < 1.29 is 18.0 Å². The highest BCUT2D eigenvalue weighted by atomic mass is 31.2. The summed E-state index contributed by atoms with van der Waals surface area (Å²) in [6.45, 7) is 8.06. The van der Waals surface area contributed by atoms with Crippen LogP contribution in [0.25, 0.3) is 22.2 Å². The van der Waals surface area contributed by atoms with Crippen LogP contribution in [0.2, 0.25) is 0 Å². The molecular weight excluding hydrogens is 399 g/mol. The number of nitrogens with zero attached hydrogens (tertiary/aromatic N) is 2. The van der Waals surface area contributed by atoms with Crippen LogP contribution in [0.5, 0.6) is 0 Å². The lowest BCUT2D eigenvalue weighted by molar-refractivity contribution is 0.229. The van der Waals surface area contributed by atoms with E-state index in [0.29, 0.717) is 17.7 Å². The van der Waals surface area contributed by atoms with Crippen LogP contribution in [0.3, 0.4) is 0 Å². The zero-order valence-corrected chi connectivity index (χ0v) is 18.7. The maximum absolute atomic E-state index is 13.7. The second-order valence-electron chi connectivity index (χ2n) is 7.68. The molecule has 1 fully saturated rings. The van der Waals surface area contributed by atoms with Crippen LogP contribution in [0.4, 0.5) is 5.88 Å². The van der Waals surface area contributed by atoms with Crippen molar-refractivity contribution in [1.29, 1.82) is 0 Å². The molecular formula is C23H29N2O4P. The summed E-state index contributed by atoms with van der Waals surface area (Å²) in [5.74, 6) is 1.61. The van der Waals surface area contributed by atoms with Gasteiger partial charge >= 0.3 is 7.60 Å². The third-order valence-corrected chi connectivity index (χ3v) is 7.55. The maximum atomic E-state index is 13.7. The van der Waals surface area contributed by atoms with Crippen LogP contribution in [0.1, 0.15) is 33.6 Å². The Morgan fingerprint density at radius 3 is 2.43 bits per heavy atom. The van der Waals surface area contributed by atoms with Crippen LogP contribution >= 0.6 is 7.60 Å². The third-order valence-electron chi connectivity index (χ3n) is 5.54. The van der Waals surface area contributed by atoms with Gasteiger partial charge in [-0.2, -0.15) is 4.98 Å². The van der Waals surface area contributed by atoms with Gasteiger partial charge in [0.15, 0.2) is 0 Å². The van der Waals surface area contributed by atoms with Crippen LogP contribution in [-0.2, 0) is 13.6 Å². The highest BCUT2D eigenvalue weighted by Crippen LogP contribution is 2.50. The first-order chi connectivity index (χ1) is 14.6. The molecule has 3 aromatic rings. The van der Waals surface area contributed by atoms with Gasteiger partial charge in [0.05, 0.1) is 13.2 Å². The van der Waals surface area contributed by atoms with E-state index in [4.69, 9.17) is 18.4 Å². The number of aromatic nitrogens is 1. The molecule has 6 nitrogen and oxygen atoms in total. The molecule has 0 amide bonds. The molecule has 0 bridgehead atoms. The fourth-order valence-corrected chi connectivity index (χ4v) is 5.56. The predicted octanol–water partition coefficient (Wildman–Crippen LogP) is 5.62. The Hall–Kier alpha value is -2.14. The van der Waals surface area contributed by atoms with Gasteiger partial charge in [0, 0.05) is 18.7 Å². The van der Waals surface area contributed by atoms with Gasteiger partial charge in [-0.3, -0.25) is 4.57 Å². The average Bonchev–Trinajstić information content (AvgIpc) is 3.20. The van der Waals surface area contributed by atoms with E-state index in [9.17, 15) is 4.57 Å². The van der Waals surface area contributed by atoms with Crippen molar-refractivity contribution in [1.82, 2.24) is 4.98 Å². The summed E-state index contributed by atoms with van der Waals surface area (Å²) in [7, 11) is -3.60. The molecule has 2 aromatic carbocycles. The molecule has 1 aromatic heterocycles. The minimum atomic E-state index is -3.60. The molecule has 0 saturated carbocycles. The fraction of sp³-hybridized carbons (Fsp3) is 0.435. The van der Waals surface area contributed by atoms with Crippen molar-refractivity contribution in [2.24, 2.45) is 5.92 Å². The van der Waals surface area contributed by atoms with Crippen LogP contribution < -0.4 is 10.3 Å². The molecule has 0 aliphatic carbocycles. The van der Waals surface area contributed by atoms with Crippen molar-refractivity contribution in [3.05, 3.63) is 42.5 Å². The molecule has 7 heteroatoms. The molecule has 0 unspecified atom stereocenters. The van der Waals surface area contributed by atoms with E-state index in [1.54, 1.807) is 13.8 Å². The monoisotopic (exact) mass is 428 g/mol. The van der Waals surface area contributed by atoms with E-state index in [2.05, 4.69) is 24.0 Å². The van der Waals surface area contributed by atoms with Crippen LogP contribution in [0, 0.1) is 5.92 Å². The topological polar surface area (TPSA) is 64.8 Å². The van der Waals surface area contributed by atoms with E-state index < -0.39 is 7.60 Å². The van der Waals surface area contributed by atoms with E-state index in [1.165, 1.54) is 0 Å². The Balaban J connectivity index is 1.86. The number of rotatable bonds is 7. The molecule has 0 radical (unpaired) electrons. The number of fused-ring (bicyclic) bond motifs is 1. The number of hydrogen-bond donors (Lipinski definition) is 0. The maximum Gasteiger partial charge on any atom is 0.385 e. The summed E-state index contributed by atoms with van der Waals surface area (Å²) in [6, 6.07) is 14.1. The van der Waals surface area contributed by atoms with Gasteiger partial charge < -0.3 is 18.4 Å². The largest absolute Gasteiger partial charge is 0.419 e. The Morgan fingerprint density at radius 1 is 1.07 bits per heavy atom. The van der Waals surface area contributed by atoms with Crippen molar-refractivity contribution in [3.63, 3.8) is 0 Å². The molecule has 0 spiro atoms. The highest BCUT2D eigenvalue weighted by molar-refractivity contribution is 7.62. The second-order valence-corrected chi connectivity index (χ2v) is 9.61. The second kappa shape index (κ2) is 8.93. The van der Waals surface area contributed by atoms with Gasteiger partial charge in [-0.15, -0.1) is 0 Å². The zero-order valence-electron chi connectivity index (χ0n) is 17.8. The number of anilines is 1. The predicted molar refractivity (Wildman–Crippen MR) is 121 cm³/mol. The van der Waals surface area contributed by atoms with Gasteiger partial charge in [-0.1, -0.05) is 43.3 Å². The summed E-state index contributed by atoms with van der Waals surface area (Å²) in [4.78, 5) is 6.84. The van der Waals surface area contributed by atoms with Crippen molar-refractivity contribution in [2.75, 3.05) is 31.2 Å². The normalized spacial score (nSPS) is 15.8. The summed E-state index contributed by atoms with van der Waals surface area (Å²) in [5, 5.41) is 2.13. The van der Waals surface area contributed by atoms with E-state index in [-0.39, 0.29) is 18.6 Å². The summed E-state index contributed by atoms with van der Waals surface area (Å²) in [6.07, 6.45) is 2.11. The molecule has 4 rings (SSSR count). The molecule has 2 heterocycles. The smallest absolute Gasteiger partial charge is 0.385 e. The molecule has 1 aliphatic rings. The Morgan fingerprint density at radius 2 is 1.73 bits per heavy atom. The fourth-order valence-electron chi connectivity index (χ4n) is 3.93. The van der Waals surface area contributed by atoms with E-state index >= 15 is 0 Å². The Bertz CT molecular complexity index is 1040. The molecule has 0 N–H and O–H groups in total. The van der Waals surface area contributed by atoms with Gasteiger partial charge in [0.2, 0.25) is 17.2 Å². The number of oxazole rings is 1. The molecule has 1 saturated heterocycles. The van der Waals surface area contributed by atoms with Gasteiger partial charge in [0.25, 0.3) is 0 Å². The quantitative estimate of drug-likeness (QED) is 0.455. The highest BCUT2D eigenvalue weighted by Gasteiger charge is 2.38. The summed E-state index contributed by atoms with van der Waals surface area (Å²) < 4.78 is 31.2. The van der Waals surface area contributed by atoms with E-state index in [0.717, 1.165) is 42.3 Å². The lowest BCUT2D eigenvalue weighted by Crippen LogP contribution is -2.35. The minimum Gasteiger partial charge on any atom is -0.419 e. The molecule has 1 aliphatic heterocycles. The minimum absolute atomic E-state index is 0.268. The first-order valence-electron chi connectivity index (χ1n) is 10.7. The first kappa shape index (κ1) is 21.1. The van der Waals surface area contributed by atoms with Crippen LogP contribution in [0.15, 0.2) is 46.9 Å². The van der Waals surface area contributed by atoms with Gasteiger partial charge in [-0.25, -0.2) is 0 Å². The Kier molecular flexibility index (Phi) is 6.28. The lowest BCUT2D eigenvalue weighted by atomic mass is 9.99. The third kappa shape index (κ3) is 4.04. The first-order valence-corrected chi connectivity index (χ1v) is 12.2. The summed E-state index contributed by atoms with van der Waals surface area (Å²) >= 11 is 0. The van der Waals surface area contributed by atoms with Gasteiger partial charge in [0.1, 0.15) is 0 Å². The summed E-state index contributed by atoms with van der Waals surface area (Å²) in [5.41, 5.74) is 1.15. The lowest BCUT2D eigenvalue weighted by Gasteiger charge is -2.30. The molecule has 0 atom stereocenters. The zero-order chi connectivity index (χ0) is 21.1. The van der Waals surface area contributed by atoms with Crippen molar-refractivity contribution in [2.45, 2.75) is 33.6 Å². The SMILES string of the molecule is CCOP(=O)(OCC)c1nc(-c2cccc3ccccc23)oc1N1CCC(C)CC1. The Labute approximate surface area is 177 Å². The number of piperidine rings is 1. The molecule has 30 heavy (non-hydrogen) atoms. The van der Waals surface area contributed by atoms with Crippen molar-refractivity contribution in [3.8, 4) is 11.5 Å². The van der Waals surface area contributed by atoms with Crippen molar-refractivity contribution >= 4 is 29.7 Å². The number of benzene rings is 2. The molecule has 160 valence electrons. The van der Waals surface area contributed by atoms with Crippen LogP contribution in [-0.4, -0.2) is 31.3 Å². The standard InChI is InChI=1S/C23H29N2O4P/c1-4-27-30(26,28-5-2)22-23(25-15-13-17(3)14-16-25)29-21(24-22)20-12-8-10-18-9-6-7-11-19(18)20/h6-12,17H,4-5,13-16H2,1-3H3.